The Balaban J connectivity index is 2.00. The van der Waals surface area contributed by atoms with Crippen LogP contribution in [-0.4, -0.2) is 18.1 Å². The van der Waals surface area contributed by atoms with Crippen molar-refractivity contribution in [1.29, 1.82) is 0 Å². The molecule has 2 aromatic rings. The van der Waals surface area contributed by atoms with Gasteiger partial charge in [0.2, 0.25) is 0 Å². The summed E-state index contributed by atoms with van der Waals surface area (Å²) in [4.78, 5) is 6.78. The molecule has 0 saturated carbocycles. The summed E-state index contributed by atoms with van der Waals surface area (Å²) in [6.45, 7) is 6.98. The van der Waals surface area contributed by atoms with E-state index in [1.165, 1.54) is 30.3 Å². The number of aromatic nitrogens is 1. The Kier molecular flexibility index (Phi) is 3.28. The van der Waals surface area contributed by atoms with Gasteiger partial charge in [0.15, 0.2) is 0 Å². The highest BCUT2D eigenvalue weighted by atomic mass is 15.1. The molecule has 0 amide bonds. The van der Waals surface area contributed by atoms with Crippen molar-refractivity contribution in [2.75, 3.05) is 23.7 Å². The summed E-state index contributed by atoms with van der Waals surface area (Å²) >= 11 is 0. The molecule has 0 atom stereocenters. The monoisotopic (exact) mass is 269 g/mol. The Hall–Kier alpha value is -1.77. The van der Waals surface area contributed by atoms with Crippen molar-refractivity contribution in [3.05, 3.63) is 30.6 Å². The predicted molar refractivity (Wildman–Crippen MR) is 86.0 cm³/mol. The van der Waals surface area contributed by atoms with Gasteiger partial charge in [0.1, 0.15) is 0 Å². The van der Waals surface area contributed by atoms with Gasteiger partial charge in [-0.15, -0.1) is 0 Å². The quantitative estimate of drug-likeness (QED) is 0.800. The zero-order valence-electron chi connectivity index (χ0n) is 12.4. The van der Waals surface area contributed by atoms with Crippen LogP contribution in [0.5, 0.6) is 0 Å². The van der Waals surface area contributed by atoms with Crippen molar-refractivity contribution in [2.45, 2.75) is 33.1 Å². The number of rotatable bonds is 1. The Bertz CT molecular complexity index is 619. The van der Waals surface area contributed by atoms with Crippen LogP contribution in [0.3, 0.4) is 0 Å². The van der Waals surface area contributed by atoms with E-state index in [9.17, 15) is 0 Å². The second kappa shape index (κ2) is 4.97. The van der Waals surface area contributed by atoms with Gasteiger partial charge in [-0.1, -0.05) is 13.8 Å². The Labute approximate surface area is 120 Å². The van der Waals surface area contributed by atoms with Gasteiger partial charge in [-0.05, 0) is 42.9 Å². The molecule has 1 aliphatic rings. The van der Waals surface area contributed by atoms with E-state index in [-0.39, 0.29) is 0 Å². The molecule has 20 heavy (non-hydrogen) atoms. The molecule has 3 heteroatoms. The van der Waals surface area contributed by atoms with Crippen LogP contribution < -0.4 is 10.6 Å². The molecular weight excluding hydrogens is 246 g/mol. The van der Waals surface area contributed by atoms with Crippen molar-refractivity contribution in [1.82, 2.24) is 4.98 Å². The van der Waals surface area contributed by atoms with Crippen LogP contribution in [0.15, 0.2) is 30.6 Å². The molecule has 2 heterocycles. The van der Waals surface area contributed by atoms with E-state index in [1.807, 2.05) is 24.5 Å². The number of nitrogens with zero attached hydrogens (tertiary/aromatic N) is 2. The van der Waals surface area contributed by atoms with Crippen LogP contribution in [0, 0.1) is 5.41 Å². The number of hydrogen-bond acceptors (Lipinski definition) is 3. The van der Waals surface area contributed by atoms with Gasteiger partial charge < -0.3 is 10.6 Å². The highest BCUT2D eigenvalue weighted by molar-refractivity contribution is 6.00. The molecule has 2 N–H and O–H groups in total. The first-order valence-corrected chi connectivity index (χ1v) is 7.44. The summed E-state index contributed by atoms with van der Waals surface area (Å²) in [7, 11) is 0. The fourth-order valence-electron chi connectivity index (χ4n) is 3.14. The lowest BCUT2D eigenvalue weighted by molar-refractivity contribution is 0.325. The van der Waals surface area contributed by atoms with Crippen LogP contribution in [0.2, 0.25) is 0 Å². The van der Waals surface area contributed by atoms with Gasteiger partial charge in [-0.2, -0.15) is 0 Å². The van der Waals surface area contributed by atoms with Gasteiger partial charge in [0, 0.05) is 47.6 Å². The van der Waals surface area contributed by atoms with Crippen LogP contribution >= 0.6 is 0 Å². The number of pyridine rings is 1. The van der Waals surface area contributed by atoms with E-state index in [0.29, 0.717) is 5.41 Å². The molecule has 0 radical (unpaired) electrons. The molecule has 3 nitrogen and oxygen atoms in total. The minimum Gasteiger partial charge on any atom is -0.398 e. The van der Waals surface area contributed by atoms with Crippen LogP contribution in [0.1, 0.15) is 33.1 Å². The van der Waals surface area contributed by atoms with Crippen LogP contribution in [-0.2, 0) is 0 Å². The summed E-state index contributed by atoms with van der Waals surface area (Å²) in [5.74, 6) is 0. The lowest BCUT2D eigenvalue weighted by atomic mass is 9.85. The van der Waals surface area contributed by atoms with Gasteiger partial charge in [0.25, 0.3) is 0 Å². The molecule has 106 valence electrons. The topological polar surface area (TPSA) is 42.1 Å². The Morgan fingerprint density at radius 3 is 2.80 bits per heavy atom. The first-order chi connectivity index (χ1) is 9.57. The number of fused-ring (bicyclic) bond motifs is 1. The highest BCUT2D eigenvalue weighted by Crippen LogP contribution is 2.35. The molecule has 1 aliphatic heterocycles. The third-order valence-electron chi connectivity index (χ3n) is 4.51. The minimum absolute atomic E-state index is 0.455. The fraction of sp³-hybridized carbons (Fsp3) is 0.471. The zero-order chi connectivity index (χ0) is 14.2. The first kappa shape index (κ1) is 13.2. The van der Waals surface area contributed by atoms with Gasteiger partial charge >= 0.3 is 0 Å². The molecule has 0 bridgehead atoms. The SMILES string of the molecule is CC1(C)CCCN(c2ccc(N)c3ccncc23)CC1. The fourth-order valence-corrected chi connectivity index (χ4v) is 3.14. The maximum absolute atomic E-state index is 6.08. The van der Waals surface area contributed by atoms with Crippen molar-refractivity contribution in [2.24, 2.45) is 5.41 Å². The normalized spacial score (nSPS) is 19.0. The number of benzene rings is 1. The summed E-state index contributed by atoms with van der Waals surface area (Å²) in [5, 5.41) is 2.29. The molecule has 0 unspecified atom stereocenters. The van der Waals surface area contributed by atoms with Crippen molar-refractivity contribution in [3.8, 4) is 0 Å². The molecule has 1 aromatic heterocycles. The van der Waals surface area contributed by atoms with E-state index in [2.05, 4.69) is 29.8 Å². The van der Waals surface area contributed by atoms with Gasteiger partial charge in [-0.3, -0.25) is 4.98 Å². The molecule has 1 saturated heterocycles. The molecule has 0 spiro atoms. The summed E-state index contributed by atoms with van der Waals surface area (Å²) in [6.07, 6.45) is 7.54. The van der Waals surface area contributed by atoms with Crippen molar-refractivity contribution < 1.29 is 0 Å². The summed E-state index contributed by atoms with van der Waals surface area (Å²) in [5.41, 5.74) is 8.65. The number of nitrogens with two attached hydrogens (primary N) is 1. The smallest absolute Gasteiger partial charge is 0.0463 e. The van der Waals surface area contributed by atoms with Crippen LogP contribution in [0.4, 0.5) is 11.4 Å². The van der Waals surface area contributed by atoms with Crippen molar-refractivity contribution in [3.63, 3.8) is 0 Å². The van der Waals surface area contributed by atoms with Crippen LogP contribution in [0.25, 0.3) is 10.8 Å². The lowest BCUT2D eigenvalue weighted by Gasteiger charge is -2.26. The average molecular weight is 269 g/mol. The maximum atomic E-state index is 6.08. The third-order valence-corrected chi connectivity index (χ3v) is 4.51. The standard InChI is InChI=1S/C17H23N3/c1-17(2)7-3-10-20(11-8-17)16-5-4-15(18)13-6-9-19-12-14(13)16/h4-6,9,12H,3,7-8,10-11,18H2,1-2H3. The summed E-state index contributed by atoms with van der Waals surface area (Å²) in [6, 6.07) is 6.18. The summed E-state index contributed by atoms with van der Waals surface area (Å²) < 4.78 is 0. The molecule has 3 rings (SSSR count). The first-order valence-electron chi connectivity index (χ1n) is 7.44. The van der Waals surface area contributed by atoms with E-state index < -0.39 is 0 Å². The lowest BCUT2D eigenvalue weighted by Crippen LogP contribution is -2.25. The molecular formula is C17H23N3. The number of hydrogen-bond donors (Lipinski definition) is 1. The molecule has 0 aliphatic carbocycles. The second-order valence-electron chi connectivity index (χ2n) is 6.60. The van der Waals surface area contributed by atoms with Gasteiger partial charge in [-0.25, -0.2) is 0 Å². The molecule has 1 aromatic carbocycles. The van der Waals surface area contributed by atoms with E-state index >= 15 is 0 Å². The minimum atomic E-state index is 0.455. The highest BCUT2D eigenvalue weighted by Gasteiger charge is 2.23. The number of nitrogen functional groups attached to an aromatic ring is 1. The largest absolute Gasteiger partial charge is 0.398 e. The predicted octanol–water partition coefficient (Wildman–Crippen LogP) is 3.83. The van der Waals surface area contributed by atoms with E-state index in [0.717, 1.165) is 24.2 Å². The maximum Gasteiger partial charge on any atom is 0.0463 e. The molecule has 1 fully saturated rings. The van der Waals surface area contributed by atoms with E-state index in [1.54, 1.807) is 0 Å². The average Bonchev–Trinajstić information content (AvgIpc) is 2.61. The van der Waals surface area contributed by atoms with Gasteiger partial charge in [0.05, 0.1) is 0 Å². The third kappa shape index (κ3) is 2.45. The Morgan fingerprint density at radius 2 is 1.95 bits per heavy atom. The zero-order valence-corrected chi connectivity index (χ0v) is 12.4. The van der Waals surface area contributed by atoms with Crippen molar-refractivity contribution >= 4 is 22.1 Å². The number of anilines is 2. The van der Waals surface area contributed by atoms with E-state index in [4.69, 9.17) is 5.73 Å². The second-order valence-corrected chi connectivity index (χ2v) is 6.60. The Morgan fingerprint density at radius 1 is 1.10 bits per heavy atom.